The first-order chi connectivity index (χ1) is 18.2. The Labute approximate surface area is 224 Å². The van der Waals surface area contributed by atoms with Crippen molar-refractivity contribution in [2.24, 2.45) is 5.92 Å². The van der Waals surface area contributed by atoms with Crippen LogP contribution in [0.15, 0.2) is 18.2 Å². The topological polar surface area (TPSA) is 137 Å². The number of sulfonamides is 1. The number of carboxylic acid groups (broad SMARTS) is 1. The quantitative estimate of drug-likeness (QED) is 0.371. The number of carbonyl (C=O) groups excluding carboxylic acids is 1. The summed E-state index contributed by atoms with van der Waals surface area (Å²) in [6.45, 7) is 4.20. The van der Waals surface area contributed by atoms with Crippen molar-refractivity contribution >= 4 is 21.9 Å². The highest BCUT2D eigenvalue weighted by Crippen LogP contribution is 2.43. The van der Waals surface area contributed by atoms with Gasteiger partial charge < -0.3 is 24.6 Å². The Kier molecular flexibility index (Phi) is 9.50. The Morgan fingerprint density at radius 2 is 1.92 bits per heavy atom. The Hall–Kier alpha value is -2.41. The smallest absolute Gasteiger partial charge is 0.308 e. The third-order valence-electron chi connectivity index (χ3n) is 7.79. The van der Waals surface area contributed by atoms with Gasteiger partial charge >= 0.3 is 5.97 Å². The third-order valence-corrected chi connectivity index (χ3v) is 9.75. The van der Waals surface area contributed by atoms with Gasteiger partial charge in [0.1, 0.15) is 0 Å². The normalized spacial score (nSPS) is 24.6. The lowest BCUT2D eigenvalue weighted by Crippen LogP contribution is -2.46. The first-order valence-corrected chi connectivity index (χ1v) is 15.1. The molecule has 3 heterocycles. The van der Waals surface area contributed by atoms with E-state index in [1.165, 1.54) is 4.31 Å². The standard InChI is InChI=1S/C26H39N3O8S/c1-2-3-9-27(10-4-13-30)24(31)17-28-16-20(19-6-7-22-23(15-19)37-18-36-22)25(26(32)33)21(28)8-12-29-11-5-14-38(29,34)35/h6-7,15,20-21,25,30H,2-5,8-14,16-18H2,1H3,(H,32,33). The molecule has 3 atom stereocenters. The second-order valence-corrected chi connectivity index (χ2v) is 12.3. The molecule has 3 aliphatic heterocycles. The maximum atomic E-state index is 13.4. The number of carboxylic acids is 1. The van der Waals surface area contributed by atoms with Crippen LogP contribution in [-0.4, -0.2) is 109 Å². The number of amides is 1. The van der Waals surface area contributed by atoms with Crippen molar-refractivity contribution in [3.63, 3.8) is 0 Å². The molecule has 4 rings (SSSR count). The van der Waals surface area contributed by atoms with E-state index in [9.17, 15) is 28.2 Å². The molecule has 2 saturated heterocycles. The molecule has 3 unspecified atom stereocenters. The van der Waals surface area contributed by atoms with Crippen molar-refractivity contribution in [2.75, 3.05) is 58.4 Å². The van der Waals surface area contributed by atoms with Gasteiger partial charge in [0.15, 0.2) is 11.5 Å². The molecule has 3 aliphatic rings. The molecule has 212 valence electrons. The maximum Gasteiger partial charge on any atom is 0.308 e. The molecule has 0 spiro atoms. The van der Waals surface area contributed by atoms with Gasteiger partial charge in [0.25, 0.3) is 0 Å². The van der Waals surface area contributed by atoms with Crippen LogP contribution >= 0.6 is 0 Å². The molecule has 38 heavy (non-hydrogen) atoms. The summed E-state index contributed by atoms with van der Waals surface area (Å²) in [6, 6.07) is 4.91. The molecular formula is C26H39N3O8S. The monoisotopic (exact) mass is 553 g/mol. The van der Waals surface area contributed by atoms with Crippen LogP contribution in [0.3, 0.4) is 0 Å². The number of unbranched alkanes of at least 4 members (excludes halogenated alkanes) is 1. The number of carbonyl (C=O) groups is 2. The van der Waals surface area contributed by atoms with E-state index in [0.29, 0.717) is 56.9 Å². The molecule has 2 fully saturated rings. The minimum Gasteiger partial charge on any atom is -0.481 e. The largest absolute Gasteiger partial charge is 0.481 e. The number of aliphatic hydroxyl groups is 1. The average Bonchev–Trinajstić information content (AvgIpc) is 3.58. The van der Waals surface area contributed by atoms with Gasteiger partial charge in [0, 0.05) is 51.3 Å². The number of aliphatic carboxylic acids is 1. The molecule has 1 aromatic rings. The van der Waals surface area contributed by atoms with Crippen molar-refractivity contribution in [1.29, 1.82) is 0 Å². The first-order valence-electron chi connectivity index (χ1n) is 13.5. The number of likely N-dealkylation sites (tertiary alicyclic amines) is 1. The summed E-state index contributed by atoms with van der Waals surface area (Å²) >= 11 is 0. The highest BCUT2D eigenvalue weighted by molar-refractivity contribution is 7.89. The highest BCUT2D eigenvalue weighted by Gasteiger charge is 2.47. The van der Waals surface area contributed by atoms with Gasteiger partial charge in [0.05, 0.1) is 18.2 Å². The van der Waals surface area contributed by atoms with Crippen LogP contribution in [0.25, 0.3) is 0 Å². The number of hydrogen-bond donors (Lipinski definition) is 2. The lowest BCUT2D eigenvalue weighted by Gasteiger charge is -2.30. The van der Waals surface area contributed by atoms with Crippen LogP contribution in [0.4, 0.5) is 0 Å². The first kappa shape index (κ1) is 28.6. The zero-order chi connectivity index (χ0) is 27.3. The Morgan fingerprint density at radius 1 is 1.16 bits per heavy atom. The summed E-state index contributed by atoms with van der Waals surface area (Å²) in [5.74, 6) is -1.03. The zero-order valence-corrected chi connectivity index (χ0v) is 22.8. The number of aliphatic hydroxyl groups excluding tert-OH is 1. The molecule has 0 aromatic heterocycles. The van der Waals surface area contributed by atoms with E-state index in [2.05, 4.69) is 0 Å². The van der Waals surface area contributed by atoms with Gasteiger partial charge in [-0.25, -0.2) is 12.7 Å². The van der Waals surface area contributed by atoms with Gasteiger partial charge in [-0.2, -0.15) is 0 Å². The number of rotatable bonds is 13. The molecule has 0 radical (unpaired) electrons. The predicted octanol–water partition coefficient (Wildman–Crippen LogP) is 1.32. The summed E-state index contributed by atoms with van der Waals surface area (Å²) in [5, 5.41) is 19.7. The summed E-state index contributed by atoms with van der Waals surface area (Å²) < 4.78 is 37.2. The summed E-state index contributed by atoms with van der Waals surface area (Å²) in [7, 11) is -3.33. The second kappa shape index (κ2) is 12.6. The molecule has 0 saturated carbocycles. The van der Waals surface area contributed by atoms with Crippen molar-refractivity contribution in [1.82, 2.24) is 14.1 Å². The fourth-order valence-electron chi connectivity index (χ4n) is 5.80. The predicted molar refractivity (Wildman–Crippen MR) is 140 cm³/mol. The van der Waals surface area contributed by atoms with Crippen LogP contribution in [0.2, 0.25) is 0 Å². The SMILES string of the molecule is CCCCN(CCCO)C(=O)CN1CC(c2ccc3c(c2)OCO3)C(C(=O)O)C1CCN1CCCS1(=O)=O. The van der Waals surface area contributed by atoms with Gasteiger partial charge in [-0.1, -0.05) is 19.4 Å². The molecule has 0 aliphatic carbocycles. The average molecular weight is 554 g/mol. The second-order valence-electron chi connectivity index (χ2n) is 10.2. The summed E-state index contributed by atoms with van der Waals surface area (Å²) in [6.07, 6.45) is 3.12. The fourth-order valence-corrected chi connectivity index (χ4v) is 7.34. The van der Waals surface area contributed by atoms with Crippen LogP contribution in [0, 0.1) is 5.92 Å². The summed E-state index contributed by atoms with van der Waals surface area (Å²) in [4.78, 5) is 29.7. The van der Waals surface area contributed by atoms with Crippen molar-refractivity contribution in [3.05, 3.63) is 23.8 Å². The van der Waals surface area contributed by atoms with E-state index in [1.54, 1.807) is 11.0 Å². The van der Waals surface area contributed by atoms with E-state index in [1.807, 2.05) is 24.0 Å². The third kappa shape index (κ3) is 6.41. The minimum absolute atomic E-state index is 0.0141. The molecule has 12 heteroatoms. The zero-order valence-electron chi connectivity index (χ0n) is 22.0. The molecule has 0 bridgehead atoms. The van der Waals surface area contributed by atoms with Crippen molar-refractivity contribution in [3.8, 4) is 11.5 Å². The highest BCUT2D eigenvalue weighted by atomic mass is 32.2. The number of fused-ring (bicyclic) bond motifs is 1. The van der Waals surface area contributed by atoms with E-state index in [0.717, 1.165) is 18.4 Å². The van der Waals surface area contributed by atoms with E-state index >= 15 is 0 Å². The van der Waals surface area contributed by atoms with Crippen LogP contribution in [-0.2, 0) is 19.6 Å². The fraction of sp³-hybridized carbons (Fsp3) is 0.692. The van der Waals surface area contributed by atoms with E-state index in [-0.39, 0.29) is 38.1 Å². The Balaban J connectivity index is 1.59. The maximum absolute atomic E-state index is 13.4. The molecule has 1 aromatic carbocycles. The molecule has 1 amide bonds. The van der Waals surface area contributed by atoms with Crippen LogP contribution in [0.5, 0.6) is 11.5 Å². The van der Waals surface area contributed by atoms with Crippen molar-refractivity contribution < 1.29 is 37.7 Å². The summed E-state index contributed by atoms with van der Waals surface area (Å²) in [5.41, 5.74) is 0.790. The lowest BCUT2D eigenvalue weighted by molar-refractivity contribution is -0.144. The van der Waals surface area contributed by atoms with E-state index < -0.39 is 33.9 Å². The minimum atomic E-state index is -3.33. The van der Waals surface area contributed by atoms with Crippen LogP contribution < -0.4 is 9.47 Å². The van der Waals surface area contributed by atoms with Gasteiger partial charge in [-0.05, 0) is 43.4 Å². The van der Waals surface area contributed by atoms with Gasteiger partial charge in [-0.15, -0.1) is 0 Å². The lowest BCUT2D eigenvalue weighted by atomic mass is 9.84. The molecule has 2 N–H and O–H groups in total. The number of benzene rings is 1. The van der Waals surface area contributed by atoms with Gasteiger partial charge in [-0.3, -0.25) is 14.5 Å². The van der Waals surface area contributed by atoms with Crippen molar-refractivity contribution in [2.45, 2.75) is 51.0 Å². The molecular weight excluding hydrogens is 514 g/mol. The van der Waals surface area contributed by atoms with Crippen LogP contribution in [0.1, 0.15) is 50.5 Å². The number of ether oxygens (including phenoxy) is 2. The number of nitrogens with zero attached hydrogens (tertiary/aromatic N) is 3. The Bertz CT molecular complexity index is 1090. The number of hydrogen-bond acceptors (Lipinski definition) is 8. The molecule has 11 nitrogen and oxygen atoms in total. The Morgan fingerprint density at radius 3 is 2.61 bits per heavy atom. The van der Waals surface area contributed by atoms with E-state index in [4.69, 9.17) is 9.47 Å². The van der Waals surface area contributed by atoms with Gasteiger partial charge in [0.2, 0.25) is 22.7 Å².